The Hall–Kier alpha value is -0.930. The summed E-state index contributed by atoms with van der Waals surface area (Å²) >= 11 is 0. The first-order valence-electron chi connectivity index (χ1n) is 4.11. The first-order valence-corrected chi connectivity index (χ1v) is 4.11. The van der Waals surface area contributed by atoms with Gasteiger partial charge >= 0.3 is 0 Å². The summed E-state index contributed by atoms with van der Waals surface area (Å²) < 4.78 is 0. The van der Waals surface area contributed by atoms with Crippen LogP contribution in [0.3, 0.4) is 0 Å². The minimum atomic E-state index is -0.513. The fourth-order valence-electron chi connectivity index (χ4n) is 1.42. The summed E-state index contributed by atoms with van der Waals surface area (Å²) in [6, 6.07) is 3.88. The summed E-state index contributed by atoms with van der Waals surface area (Å²) in [4.78, 5) is 3.92. The van der Waals surface area contributed by atoms with Crippen LogP contribution in [0.4, 0.5) is 0 Å². The van der Waals surface area contributed by atoms with Crippen molar-refractivity contribution in [3.05, 3.63) is 30.1 Å². The molecule has 0 spiro atoms. The van der Waals surface area contributed by atoms with E-state index in [1.54, 1.807) is 12.4 Å². The minimum absolute atomic E-state index is 0.513. The van der Waals surface area contributed by atoms with Crippen molar-refractivity contribution in [2.75, 3.05) is 13.1 Å². The molecule has 0 aromatic carbocycles. The number of aromatic nitrogens is 1. The lowest BCUT2D eigenvalue weighted by Gasteiger charge is -2.37. The van der Waals surface area contributed by atoms with Crippen LogP contribution in [0, 0.1) is 0 Å². The molecular formula is C9H12N2O. The lowest BCUT2D eigenvalue weighted by molar-refractivity contribution is -0.00903. The van der Waals surface area contributed by atoms with E-state index in [0.29, 0.717) is 13.1 Å². The van der Waals surface area contributed by atoms with Gasteiger partial charge in [-0.2, -0.15) is 0 Å². The van der Waals surface area contributed by atoms with Crippen LogP contribution in [-0.2, 0) is 6.42 Å². The van der Waals surface area contributed by atoms with Gasteiger partial charge in [-0.15, -0.1) is 0 Å². The van der Waals surface area contributed by atoms with Crippen LogP contribution in [-0.4, -0.2) is 28.8 Å². The Balaban J connectivity index is 2.04. The van der Waals surface area contributed by atoms with Gasteiger partial charge in [0.15, 0.2) is 0 Å². The maximum atomic E-state index is 9.78. The van der Waals surface area contributed by atoms with Gasteiger partial charge in [0.1, 0.15) is 0 Å². The zero-order valence-electron chi connectivity index (χ0n) is 6.83. The summed E-state index contributed by atoms with van der Waals surface area (Å²) in [7, 11) is 0. The summed E-state index contributed by atoms with van der Waals surface area (Å²) in [6.45, 7) is 1.41. The van der Waals surface area contributed by atoms with Crippen molar-refractivity contribution in [1.82, 2.24) is 10.3 Å². The third-order valence-corrected chi connectivity index (χ3v) is 2.19. The van der Waals surface area contributed by atoms with E-state index >= 15 is 0 Å². The number of nitrogens with one attached hydrogen (secondary N) is 1. The minimum Gasteiger partial charge on any atom is -0.387 e. The van der Waals surface area contributed by atoms with E-state index in [1.165, 1.54) is 0 Å². The van der Waals surface area contributed by atoms with Gasteiger partial charge in [0.2, 0.25) is 0 Å². The molecule has 64 valence electrons. The molecule has 1 aromatic rings. The van der Waals surface area contributed by atoms with Crippen LogP contribution in [0.25, 0.3) is 0 Å². The quantitative estimate of drug-likeness (QED) is 0.644. The molecule has 3 heteroatoms. The lowest BCUT2D eigenvalue weighted by Crippen LogP contribution is -2.60. The Kier molecular flexibility index (Phi) is 1.83. The first-order chi connectivity index (χ1) is 5.79. The van der Waals surface area contributed by atoms with Gasteiger partial charge in [-0.05, 0) is 17.7 Å². The molecule has 1 fully saturated rings. The van der Waals surface area contributed by atoms with E-state index in [4.69, 9.17) is 0 Å². The third kappa shape index (κ3) is 1.47. The Morgan fingerprint density at radius 1 is 1.42 bits per heavy atom. The van der Waals surface area contributed by atoms with E-state index < -0.39 is 5.60 Å². The predicted octanol–water partition coefficient (Wildman–Crippen LogP) is -0.0416. The number of aliphatic hydroxyl groups is 1. The van der Waals surface area contributed by atoms with Crippen LogP contribution in [0.2, 0.25) is 0 Å². The van der Waals surface area contributed by atoms with Gasteiger partial charge in [0, 0.05) is 31.9 Å². The Morgan fingerprint density at radius 2 is 2.08 bits per heavy atom. The number of nitrogens with zero attached hydrogens (tertiary/aromatic N) is 1. The van der Waals surface area contributed by atoms with Crippen molar-refractivity contribution in [2.45, 2.75) is 12.0 Å². The van der Waals surface area contributed by atoms with Crippen molar-refractivity contribution in [1.29, 1.82) is 0 Å². The average molecular weight is 164 g/mol. The zero-order chi connectivity index (χ0) is 8.44. The second kappa shape index (κ2) is 2.84. The maximum absolute atomic E-state index is 9.78. The number of hydrogen-bond acceptors (Lipinski definition) is 3. The molecule has 12 heavy (non-hydrogen) atoms. The molecule has 0 amide bonds. The molecule has 1 saturated heterocycles. The second-order valence-electron chi connectivity index (χ2n) is 3.36. The maximum Gasteiger partial charge on any atom is 0.0935 e. The second-order valence-corrected chi connectivity index (χ2v) is 3.36. The van der Waals surface area contributed by atoms with Gasteiger partial charge in [0.05, 0.1) is 5.60 Å². The largest absolute Gasteiger partial charge is 0.387 e. The summed E-state index contributed by atoms with van der Waals surface area (Å²) in [6.07, 6.45) is 4.23. The molecule has 3 nitrogen and oxygen atoms in total. The van der Waals surface area contributed by atoms with Crippen molar-refractivity contribution in [3.8, 4) is 0 Å². The molecule has 1 aromatic heterocycles. The normalized spacial score (nSPS) is 20.1. The zero-order valence-corrected chi connectivity index (χ0v) is 6.83. The molecule has 2 N–H and O–H groups in total. The van der Waals surface area contributed by atoms with Crippen LogP contribution < -0.4 is 5.32 Å². The standard InChI is InChI=1S/C9H12N2O/c12-9(6-11-7-9)5-8-1-3-10-4-2-8/h1-4,11-12H,5-7H2. The van der Waals surface area contributed by atoms with Gasteiger partial charge in [-0.1, -0.05) is 0 Å². The molecule has 1 aliphatic heterocycles. The molecule has 0 unspecified atom stereocenters. The molecule has 0 radical (unpaired) electrons. The monoisotopic (exact) mass is 164 g/mol. The highest BCUT2D eigenvalue weighted by Gasteiger charge is 2.33. The van der Waals surface area contributed by atoms with Gasteiger partial charge in [0.25, 0.3) is 0 Å². The molecule has 1 aliphatic rings. The number of pyridine rings is 1. The van der Waals surface area contributed by atoms with Gasteiger partial charge in [-0.25, -0.2) is 0 Å². The molecular weight excluding hydrogens is 152 g/mol. The lowest BCUT2D eigenvalue weighted by atomic mass is 9.90. The highest BCUT2D eigenvalue weighted by atomic mass is 16.3. The van der Waals surface area contributed by atoms with Crippen LogP contribution in [0.1, 0.15) is 5.56 Å². The topological polar surface area (TPSA) is 45.2 Å². The molecule has 0 atom stereocenters. The van der Waals surface area contributed by atoms with Crippen molar-refractivity contribution in [2.24, 2.45) is 0 Å². The van der Waals surface area contributed by atoms with Crippen LogP contribution >= 0.6 is 0 Å². The summed E-state index contributed by atoms with van der Waals surface area (Å²) in [5.41, 5.74) is 0.635. The predicted molar refractivity (Wildman–Crippen MR) is 45.8 cm³/mol. The molecule has 2 rings (SSSR count). The fourth-order valence-corrected chi connectivity index (χ4v) is 1.42. The molecule has 0 bridgehead atoms. The molecule has 2 heterocycles. The molecule has 0 saturated carbocycles. The SMILES string of the molecule is OC1(Cc2ccncc2)CNC1. The number of rotatable bonds is 2. The Morgan fingerprint density at radius 3 is 2.58 bits per heavy atom. The summed E-state index contributed by atoms with van der Waals surface area (Å²) in [5, 5.41) is 12.8. The average Bonchev–Trinajstić information content (AvgIpc) is 2.04. The Bertz CT molecular complexity index is 256. The highest BCUT2D eigenvalue weighted by Crippen LogP contribution is 2.16. The van der Waals surface area contributed by atoms with E-state index in [9.17, 15) is 5.11 Å². The van der Waals surface area contributed by atoms with Crippen LogP contribution in [0.15, 0.2) is 24.5 Å². The van der Waals surface area contributed by atoms with E-state index in [1.807, 2.05) is 12.1 Å². The van der Waals surface area contributed by atoms with E-state index in [-0.39, 0.29) is 0 Å². The van der Waals surface area contributed by atoms with Gasteiger partial charge < -0.3 is 10.4 Å². The third-order valence-electron chi connectivity index (χ3n) is 2.19. The van der Waals surface area contributed by atoms with E-state index in [0.717, 1.165) is 12.0 Å². The molecule has 0 aliphatic carbocycles. The van der Waals surface area contributed by atoms with Crippen molar-refractivity contribution < 1.29 is 5.11 Å². The fraction of sp³-hybridized carbons (Fsp3) is 0.444. The highest BCUT2D eigenvalue weighted by molar-refractivity contribution is 5.15. The smallest absolute Gasteiger partial charge is 0.0935 e. The van der Waals surface area contributed by atoms with E-state index in [2.05, 4.69) is 10.3 Å². The van der Waals surface area contributed by atoms with Gasteiger partial charge in [-0.3, -0.25) is 4.98 Å². The summed E-state index contributed by atoms with van der Waals surface area (Å²) in [5.74, 6) is 0. The van der Waals surface area contributed by atoms with Crippen molar-refractivity contribution >= 4 is 0 Å². The van der Waals surface area contributed by atoms with Crippen LogP contribution in [0.5, 0.6) is 0 Å². The Labute approximate surface area is 71.4 Å². The van der Waals surface area contributed by atoms with Crippen molar-refractivity contribution in [3.63, 3.8) is 0 Å². The first kappa shape index (κ1) is 7.71. The number of β-amino-alcohol motifs (C(OH)–C–C–N with tert-alkyl or cyclic N) is 1. The number of hydrogen-bond donors (Lipinski definition) is 2.